The summed E-state index contributed by atoms with van der Waals surface area (Å²) in [5, 5.41) is 0. The van der Waals surface area contributed by atoms with Gasteiger partial charge in [-0.15, -0.1) is 0 Å². The minimum atomic E-state index is 0.0584. The molecule has 0 amide bonds. The van der Waals surface area contributed by atoms with Gasteiger partial charge in [0.2, 0.25) is 0 Å². The Morgan fingerprint density at radius 1 is 1.27 bits per heavy atom. The maximum Gasteiger partial charge on any atom is 0.134 e. The van der Waals surface area contributed by atoms with E-state index in [4.69, 9.17) is 4.74 Å². The fourth-order valence-electron chi connectivity index (χ4n) is 6.56. The molecule has 1 saturated heterocycles. The number of carbonyl (C=O) groups is 1. The van der Waals surface area contributed by atoms with Gasteiger partial charge in [0.25, 0.3) is 0 Å². The highest BCUT2D eigenvalue weighted by atomic mass is 16.5. The van der Waals surface area contributed by atoms with Crippen molar-refractivity contribution in [3.05, 3.63) is 29.3 Å². The van der Waals surface area contributed by atoms with Crippen LogP contribution in [-0.4, -0.2) is 36.9 Å². The first-order valence-corrected chi connectivity index (χ1v) is 10.6. The van der Waals surface area contributed by atoms with Crippen molar-refractivity contribution >= 4 is 5.78 Å². The van der Waals surface area contributed by atoms with E-state index in [1.807, 2.05) is 0 Å². The molecule has 3 heteroatoms. The van der Waals surface area contributed by atoms with Crippen molar-refractivity contribution in [2.75, 3.05) is 20.2 Å². The minimum Gasteiger partial charge on any atom is -0.497 e. The molecule has 0 N–H and O–H groups in total. The van der Waals surface area contributed by atoms with Crippen LogP contribution >= 0.6 is 0 Å². The van der Waals surface area contributed by atoms with Crippen molar-refractivity contribution in [3.63, 3.8) is 0 Å². The van der Waals surface area contributed by atoms with E-state index < -0.39 is 0 Å². The first-order valence-electron chi connectivity index (χ1n) is 10.6. The van der Waals surface area contributed by atoms with E-state index in [9.17, 15) is 4.79 Å². The van der Waals surface area contributed by atoms with Gasteiger partial charge in [0.1, 0.15) is 11.5 Å². The zero-order chi connectivity index (χ0) is 17.9. The predicted octanol–water partition coefficient (Wildman–Crippen LogP) is 3.98. The zero-order valence-corrected chi connectivity index (χ0v) is 16.2. The van der Waals surface area contributed by atoms with Crippen LogP contribution in [0.15, 0.2) is 18.2 Å². The lowest BCUT2D eigenvalue weighted by Crippen LogP contribution is -2.64. The number of methoxy groups -OCH3 is 1. The largest absolute Gasteiger partial charge is 0.497 e. The molecular formula is C23H31NO2. The van der Waals surface area contributed by atoms with E-state index in [1.165, 1.54) is 30.5 Å². The van der Waals surface area contributed by atoms with Gasteiger partial charge in [-0.25, -0.2) is 0 Å². The molecule has 1 aliphatic heterocycles. The van der Waals surface area contributed by atoms with Crippen molar-refractivity contribution in [2.45, 2.75) is 63.3 Å². The fraction of sp³-hybridized carbons (Fsp3) is 0.696. The molecule has 3 nitrogen and oxygen atoms in total. The second-order valence-electron chi connectivity index (χ2n) is 9.25. The molecule has 140 valence electrons. The lowest BCUT2D eigenvalue weighted by molar-refractivity contribution is -0.132. The maximum atomic E-state index is 12.8. The van der Waals surface area contributed by atoms with E-state index in [1.54, 1.807) is 7.11 Å². The van der Waals surface area contributed by atoms with Crippen molar-refractivity contribution in [3.8, 4) is 5.75 Å². The standard InChI is InChI=1S/C23H31NO2/c1-3-16-10-18(25)13-23-8-9-24(14-15-4-5-15)21(22(16)23)11-17-6-7-19(26-2)12-20(17)23/h6-7,12,15-16,21-22H,3-5,8-11,13-14H2,1-2H3/t16-,21+,22-,23+/m0/s1. The molecule has 5 rings (SSSR count). The molecule has 1 aromatic rings. The quantitative estimate of drug-likeness (QED) is 0.820. The molecule has 1 heterocycles. The molecular weight excluding hydrogens is 322 g/mol. The summed E-state index contributed by atoms with van der Waals surface area (Å²) in [7, 11) is 1.75. The molecule has 0 radical (unpaired) electrons. The second kappa shape index (κ2) is 6.09. The van der Waals surface area contributed by atoms with Crippen molar-refractivity contribution in [2.24, 2.45) is 17.8 Å². The Balaban J connectivity index is 1.62. The number of hydrogen-bond donors (Lipinski definition) is 0. The molecule has 3 fully saturated rings. The van der Waals surface area contributed by atoms with Crippen LogP contribution in [0.2, 0.25) is 0 Å². The van der Waals surface area contributed by atoms with Gasteiger partial charge in [-0.3, -0.25) is 9.69 Å². The summed E-state index contributed by atoms with van der Waals surface area (Å²) < 4.78 is 5.56. The van der Waals surface area contributed by atoms with Crippen LogP contribution < -0.4 is 4.74 Å². The summed E-state index contributed by atoms with van der Waals surface area (Å²) >= 11 is 0. The summed E-state index contributed by atoms with van der Waals surface area (Å²) in [5.41, 5.74) is 2.97. The average Bonchev–Trinajstić information content (AvgIpc) is 3.46. The van der Waals surface area contributed by atoms with Crippen LogP contribution in [0.4, 0.5) is 0 Å². The molecule has 4 atom stereocenters. The number of fused-ring (bicyclic) bond motifs is 1. The Bertz CT molecular complexity index is 725. The lowest BCUT2D eigenvalue weighted by Gasteiger charge is -2.61. The number of piperidine rings is 1. The summed E-state index contributed by atoms with van der Waals surface area (Å²) in [4.78, 5) is 15.6. The van der Waals surface area contributed by atoms with Crippen LogP contribution in [0.3, 0.4) is 0 Å². The number of rotatable bonds is 4. The van der Waals surface area contributed by atoms with Crippen LogP contribution in [0.5, 0.6) is 5.75 Å². The van der Waals surface area contributed by atoms with E-state index in [-0.39, 0.29) is 5.41 Å². The highest BCUT2D eigenvalue weighted by Crippen LogP contribution is 2.58. The number of hydrogen-bond acceptors (Lipinski definition) is 3. The number of ketones is 1. The Labute approximate surface area is 157 Å². The maximum absolute atomic E-state index is 12.8. The smallest absolute Gasteiger partial charge is 0.134 e. The average molecular weight is 354 g/mol. The Morgan fingerprint density at radius 2 is 2.12 bits per heavy atom. The third-order valence-corrected chi connectivity index (χ3v) is 7.87. The Morgan fingerprint density at radius 3 is 2.85 bits per heavy atom. The molecule has 0 spiro atoms. The molecule has 2 saturated carbocycles. The summed E-state index contributed by atoms with van der Waals surface area (Å²) in [5.74, 6) is 3.55. The SMILES string of the molecule is CC[C@H]1CC(=O)C[C@]23CCN(CC4CC4)[C@H](Cc4ccc(OC)cc42)[C@H]13. The summed E-state index contributed by atoms with van der Waals surface area (Å²) in [6.07, 6.45) is 7.82. The number of nitrogens with zero attached hydrogens (tertiary/aromatic N) is 1. The number of likely N-dealkylation sites (tertiary alicyclic amines) is 1. The fourth-order valence-corrected chi connectivity index (χ4v) is 6.56. The van der Waals surface area contributed by atoms with Gasteiger partial charge < -0.3 is 4.74 Å². The monoisotopic (exact) mass is 353 g/mol. The third-order valence-electron chi connectivity index (χ3n) is 7.87. The van der Waals surface area contributed by atoms with Gasteiger partial charge in [-0.2, -0.15) is 0 Å². The Kier molecular flexibility index (Phi) is 3.93. The number of Topliss-reactive ketones (excluding diaryl/α,β-unsaturated/α-hetero) is 1. The molecule has 1 aromatic carbocycles. The molecule has 0 unspecified atom stereocenters. The van der Waals surface area contributed by atoms with Gasteiger partial charge in [0.15, 0.2) is 0 Å². The highest BCUT2D eigenvalue weighted by molar-refractivity contribution is 5.82. The van der Waals surface area contributed by atoms with Crippen LogP contribution in [-0.2, 0) is 16.6 Å². The van der Waals surface area contributed by atoms with E-state index >= 15 is 0 Å². The topological polar surface area (TPSA) is 29.5 Å². The zero-order valence-electron chi connectivity index (χ0n) is 16.2. The van der Waals surface area contributed by atoms with Crippen LogP contribution in [0, 0.1) is 17.8 Å². The molecule has 3 aliphatic carbocycles. The number of benzene rings is 1. The van der Waals surface area contributed by atoms with E-state index in [0.29, 0.717) is 23.7 Å². The summed E-state index contributed by atoms with van der Waals surface area (Å²) in [6.45, 7) is 4.74. The van der Waals surface area contributed by atoms with E-state index in [2.05, 4.69) is 30.0 Å². The highest BCUT2D eigenvalue weighted by Gasteiger charge is 2.58. The Hall–Kier alpha value is -1.35. The lowest BCUT2D eigenvalue weighted by atomic mass is 9.49. The van der Waals surface area contributed by atoms with Gasteiger partial charge in [0, 0.05) is 30.8 Å². The number of ether oxygens (including phenoxy) is 1. The molecule has 2 bridgehead atoms. The van der Waals surface area contributed by atoms with Gasteiger partial charge in [0.05, 0.1) is 7.11 Å². The van der Waals surface area contributed by atoms with Crippen LogP contribution in [0.1, 0.15) is 56.6 Å². The molecule has 4 aliphatic rings. The van der Waals surface area contributed by atoms with Crippen molar-refractivity contribution in [1.82, 2.24) is 4.90 Å². The van der Waals surface area contributed by atoms with E-state index in [0.717, 1.165) is 50.3 Å². The van der Waals surface area contributed by atoms with Gasteiger partial charge in [-0.05, 0) is 73.2 Å². The third kappa shape index (κ3) is 2.46. The van der Waals surface area contributed by atoms with Crippen molar-refractivity contribution in [1.29, 1.82) is 0 Å². The summed E-state index contributed by atoms with van der Waals surface area (Å²) in [6, 6.07) is 7.28. The number of carbonyl (C=O) groups excluding carboxylic acids is 1. The predicted molar refractivity (Wildman–Crippen MR) is 103 cm³/mol. The molecule has 0 aromatic heterocycles. The van der Waals surface area contributed by atoms with Gasteiger partial charge >= 0.3 is 0 Å². The van der Waals surface area contributed by atoms with Gasteiger partial charge in [-0.1, -0.05) is 19.4 Å². The first-order chi connectivity index (χ1) is 12.6. The second-order valence-corrected chi connectivity index (χ2v) is 9.25. The molecule has 26 heavy (non-hydrogen) atoms. The first kappa shape index (κ1) is 16.8. The van der Waals surface area contributed by atoms with Crippen LogP contribution in [0.25, 0.3) is 0 Å². The normalized spacial score (nSPS) is 36.4. The minimum absolute atomic E-state index is 0.0584. The van der Waals surface area contributed by atoms with Crippen molar-refractivity contribution < 1.29 is 9.53 Å².